The number of esters is 1. The SMILES string of the molecule is CCOC(=O)c1coc(NCc2ccccc2O)n1. The Labute approximate surface area is 110 Å². The molecular formula is C13H14N2O4. The van der Waals surface area contributed by atoms with Gasteiger partial charge in [0.1, 0.15) is 12.0 Å². The molecule has 1 aromatic heterocycles. The first-order valence-corrected chi connectivity index (χ1v) is 5.84. The molecule has 0 spiro atoms. The van der Waals surface area contributed by atoms with Gasteiger partial charge in [0.25, 0.3) is 6.01 Å². The van der Waals surface area contributed by atoms with Crippen LogP contribution in [-0.2, 0) is 11.3 Å². The molecule has 19 heavy (non-hydrogen) atoms. The lowest BCUT2D eigenvalue weighted by molar-refractivity contribution is 0.0519. The van der Waals surface area contributed by atoms with Crippen molar-refractivity contribution >= 4 is 12.0 Å². The Morgan fingerprint density at radius 3 is 3.00 bits per heavy atom. The number of carbonyl (C=O) groups excluding carboxylic acids is 1. The van der Waals surface area contributed by atoms with Gasteiger partial charge in [0.15, 0.2) is 5.69 Å². The summed E-state index contributed by atoms with van der Waals surface area (Å²) in [4.78, 5) is 15.3. The molecule has 2 N–H and O–H groups in total. The fourth-order valence-electron chi connectivity index (χ4n) is 1.48. The monoisotopic (exact) mass is 262 g/mol. The summed E-state index contributed by atoms with van der Waals surface area (Å²) in [7, 11) is 0. The van der Waals surface area contributed by atoms with E-state index in [1.54, 1.807) is 25.1 Å². The fourth-order valence-corrected chi connectivity index (χ4v) is 1.48. The fraction of sp³-hybridized carbons (Fsp3) is 0.231. The number of nitrogens with zero attached hydrogens (tertiary/aromatic N) is 1. The van der Waals surface area contributed by atoms with Crippen molar-refractivity contribution in [2.45, 2.75) is 13.5 Å². The number of hydrogen-bond donors (Lipinski definition) is 2. The van der Waals surface area contributed by atoms with E-state index >= 15 is 0 Å². The number of carbonyl (C=O) groups is 1. The highest BCUT2D eigenvalue weighted by atomic mass is 16.5. The molecule has 0 fully saturated rings. The van der Waals surface area contributed by atoms with Crippen molar-refractivity contribution in [2.24, 2.45) is 0 Å². The zero-order valence-corrected chi connectivity index (χ0v) is 10.4. The van der Waals surface area contributed by atoms with Crippen LogP contribution in [-0.4, -0.2) is 22.7 Å². The highest BCUT2D eigenvalue weighted by Gasteiger charge is 2.13. The zero-order valence-electron chi connectivity index (χ0n) is 10.4. The van der Waals surface area contributed by atoms with Crippen molar-refractivity contribution in [3.8, 4) is 5.75 Å². The van der Waals surface area contributed by atoms with Crippen molar-refractivity contribution in [1.82, 2.24) is 4.98 Å². The number of rotatable bonds is 5. The summed E-state index contributed by atoms with van der Waals surface area (Å²) in [6.45, 7) is 2.34. The van der Waals surface area contributed by atoms with Crippen LogP contribution in [0.3, 0.4) is 0 Å². The maximum atomic E-state index is 11.4. The van der Waals surface area contributed by atoms with E-state index in [1.807, 2.05) is 6.07 Å². The van der Waals surface area contributed by atoms with Crippen LogP contribution in [0.4, 0.5) is 6.01 Å². The number of benzene rings is 1. The van der Waals surface area contributed by atoms with Gasteiger partial charge < -0.3 is 19.6 Å². The normalized spacial score (nSPS) is 10.2. The minimum absolute atomic E-state index is 0.113. The molecule has 0 bridgehead atoms. The van der Waals surface area contributed by atoms with Crippen LogP contribution in [0.25, 0.3) is 0 Å². The molecule has 0 atom stereocenters. The Morgan fingerprint density at radius 2 is 2.26 bits per heavy atom. The molecule has 0 unspecified atom stereocenters. The average Bonchev–Trinajstić information content (AvgIpc) is 2.87. The molecule has 0 radical (unpaired) electrons. The predicted molar refractivity (Wildman–Crippen MR) is 67.9 cm³/mol. The largest absolute Gasteiger partial charge is 0.508 e. The van der Waals surface area contributed by atoms with Crippen LogP contribution in [0.5, 0.6) is 5.75 Å². The standard InChI is InChI=1S/C13H14N2O4/c1-2-18-12(17)10-8-19-13(15-10)14-7-9-5-3-4-6-11(9)16/h3-6,8,16H,2,7H2,1H3,(H,14,15). The Morgan fingerprint density at radius 1 is 1.47 bits per heavy atom. The molecule has 0 amide bonds. The summed E-state index contributed by atoms with van der Waals surface area (Å²) in [5, 5.41) is 12.5. The van der Waals surface area contributed by atoms with E-state index in [4.69, 9.17) is 9.15 Å². The van der Waals surface area contributed by atoms with Gasteiger partial charge in [0.05, 0.1) is 6.61 Å². The molecule has 1 heterocycles. The van der Waals surface area contributed by atoms with Gasteiger partial charge in [-0.2, -0.15) is 4.98 Å². The van der Waals surface area contributed by atoms with Crippen LogP contribution < -0.4 is 5.32 Å². The molecule has 100 valence electrons. The lowest BCUT2D eigenvalue weighted by atomic mass is 10.2. The maximum absolute atomic E-state index is 11.4. The number of oxazole rings is 1. The number of hydrogen-bond acceptors (Lipinski definition) is 6. The van der Waals surface area contributed by atoms with Crippen molar-refractivity contribution in [3.63, 3.8) is 0 Å². The predicted octanol–water partition coefficient (Wildman–Crippen LogP) is 2.17. The average molecular weight is 262 g/mol. The van der Waals surface area contributed by atoms with Gasteiger partial charge in [-0.25, -0.2) is 4.79 Å². The van der Waals surface area contributed by atoms with Gasteiger partial charge in [-0.1, -0.05) is 18.2 Å². The summed E-state index contributed by atoms with van der Waals surface area (Å²) >= 11 is 0. The summed E-state index contributed by atoms with van der Waals surface area (Å²) < 4.78 is 9.88. The van der Waals surface area contributed by atoms with E-state index in [0.29, 0.717) is 12.1 Å². The molecule has 0 aliphatic heterocycles. The van der Waals surface area contributed by atoms with Gasteiger partial charge in [0.2, 0.25) is 0 Å². The molecule has 0 aliphatic carbocycles. The maximum Gasteiger partial charge on any atom is 0.360 e. The Balaban J connectivity index is 1.97. The Bertz CT molecular complexity index is 565. The number of phenolic OH excluding ortho intramolecular Hbond substituents is 1. The minimum atomic E-state index is -0.526. The van der Waals surface area contributed by atoms with Crippen molar-refractivity contribution in [1.29, 1.82) is 0 Å². The number of phenols is 1. The van der Waals surface area contributed by atoms with Crippen molar-refractivity contribution in [2.75, 3.05) is 11.9 Å². The first-order valence-electron chi connectivity index (χ1n) is 5.84. The van der Waals surface area contributed by atoms with Gasteiger partial charge in [-0.15, -0.1) is 0 Å². The van der Waals surface area contributed by atoms with Gasteiger partial charge in [-0.05, 0) is 13.0 Å². The molecule has 2 aromatic rings. The number of nitrogens with one attached hydrogen (secondary N) is 1. The molecule has 0 aliphatic rings. The number of ether oxygens (including phenoxy) is 1. The third-order valence-electron chi connectivity index (χ3n) is 2.41. The van der Waals surface area contributed by atoms with E-state index in [2.05, 4.69) is 10.3 Å². The summed E-state index contributed by atoms with van der Waals surface area (Å²) in [6, 6.07) is 7.12. The topological polar surface area (TPSA) is 84.6 Å². The quantitative estimate of drug-likeness (QED) is 0.803. The second-order valence-corrected chi connectivity index (χ2v) is 3.74. The second-order valence-electron chi connectivity index (χ2n) is 3.74. The highest BCUT2D eigenvalue weighted by Crippen LogP contribution is 2.17. The van der Waals surface area contributed by atoms with Crippen molar-refractivity contribution < 1.29 is 19.1 Å². The lowest BCUT2D eigenvalue weighted by Gasteiger charge is -2.03. The van der Waals surface area contributed by atoms with Gasteiger partial charge in [0, 0.05) is 12.1 Å². The Kier molecular flexibility index (Phi) is 4.02. The number of aromatic hydroxyl groups is 1. The third kappa shape index (κ3) is 3.25. The van der Waals surface area contributed by atoms with Crippen LogP contribution >= 0.6 is 0 Å². The summed E-state index contributed by atoms with van der Waals surface area (Å²) in [6.07, 6.45) is 1.23. The highest BCUT2D eigenvalue weighted by molar-refractivity contribution is 5.87. The molecule has 6 nitrogen and oxygen atoms in total. The molecule has 6 heteroatoms. The van der Waals surface area contributed by atoms with E-state index < -0.39 is 5.97 Å². The van der Waals surface area contributed by atoms with Crippen LogP contribution in [0, 0.1) is 0 Å². The third-order valence-corrected chi connectivity index (χ3v) is 2.41. The van der Waals surface area contributed by atoms with Crippen LogP contribution in [0.2, 0.25) is 0 Å². The van der Waals surface area contributed by atoms with E-state index in [9.17, 15) is 9.90 Å². The summed E-state index contributed by atoms with van der Waals surface area (Å²) in [5.41, 5.74) is 0.819. The second kappa shape index (κ2) is 5.90. The Hall–Kier alpha value is -2.50. The number of aromatic nitrogens is 1. The van der Waals surface area contributed by atoms with Crippen LogP contribution in [0.15, 0.2) is 34.9 Å². The molecule has 1 aromatic carbocycles. The smallest absolute Gasteiger partial charge is 0.360 e. The molecular weight excluding hydrogens is 248 g/mol. The van der Waals surface area contributed by atoms with E-state index in [-0.39, 0.29) is 24.1 Å². The minimum Gasteiger partial charge on any atom is -0.508 e. The van der Waals surface area contributed by atoms with E-state index in [0.717, 1.165) is 0 Å². The molecule has 0 saturated carbocycles. The first kappa shape index (κ1) is 12.9. The number of para-hydroxylation sites is 1. The lowest BCUT2D eigenvalue weighted by Crippen LogP contribution is -2.05. The summed E-state index contributed by atoms with van der Waals surface area (Å²) in [5.74, 6) is -0.339. The molecule has 2 rings (SSSR count). The van der Waals surface area contributed by atoms with E-state index in [1.165, 1.54) is 6.26 Å². The zero-order chi connectivity index (χ0) is 13.7. The van der Waals surface area contributed by atoms with Crippen LogP contribution in [0.1, 0.15) is 23.0 Å². The van der Waals surface area contributed by atoms with Crippen molar-refractivity contribution in [3.05, 3.63) is 41.8 Å². The molecule has 0 saturated heterocycles. The first-order chi connectivity index (χ1) is 9.20. The van der Waals surface area contributed by atoms with Gasteiger partial charge in [-0.3, -0.25) is 0 Å². The van der Waals surface area contributed by atoms with Gasteiger partial charge >= 0.3 is 5.97 Å². The number of anilines is 1.